The first kappa shape index (κ1) is 30.0. The van der Waals surface area contributed by atoms with Crippen molar-refractivity contribution in [2.24, 2.45) is 0 Å². The third kappa shape index (κ3) is 7.82. The summed E-state index contributed by atoms with van der Waals surface area (Å²) in [6.07, 6.45) is 0.927. The number of piperazine rings is 1. The molecule has 2 atom stereocenters. The van der Waals surface area contributed by atoms with Gasteiger partial charge >= 0.3 is 0 Å². The molecule has 41 heavy (non-hydrogen) atoms. The first-order valence-corrected chi connectivity index (χ1v) is 15.2. The predicted octanol–water partition coefficient (Wildman–Crippen LogP) is -0.143. The molecule has 0 aliphatic carbocycles. The van der Waals surface area contributed by atoms with Gasteiger partial charge in [-0.3, -0.25) is 19.2 Å². The molecule has 220 valence electrons. The first-order valence-electron chi connectivity index (χ1n) is 13.4. The van der Waals surface area contributed by atoms with Crippen LogP contribution < -0.4 is 15.4 Å². The fraction of sp³-hybridized carbons (Fsp3) is 0.429. The summed E-state index contributed by atoms with van der Waals surface area (Å²) in [5.74, 6) is -1.73. The Balaban J connectivity index is 1.61. The van der Waals surface area contributed by atoms with Crippen molar-refractivity contribution in [3.05, 3.63) is 65.7 Å². The molecule has 0 unspecified atom stereocenters. The molecule has 2 aromatic carbocycles. The number of benzene rings is 2. The number of fused-ring (bicyclic) bond motifs is 1. The zero-order chi connectivity index (χ0) is 29.6. The van der Waals surface area contributed by atoms with Gasteiger partial charge in [-0.05, 0) is 17.7 Å². The number of hydrogen-bond acceptors (Lipinski definition) is 7. The predicted molar refractivity (Wildman–Crippen MR) is 151 cm³/mol. The summed E-state index contributed by atoms with van der Waals surface area (Å²) in [4.78, 5) is 56.6. The zero-order valence-electron chi connectivity index (χ0n) is 23.1. The van der Waals surface area contributed by atoms with Crippen LogP contribution in [-0.4, -0.2) is 111 Å². The number of carbonyl (C=O) groups excluding carboxylic acids is 4. The number of hydrogen-bond donors (Lipinski definition) is 2. The van der Waals surface area contributed by atoms with E-state index in [0.29, 0.717) is 0 Å². The van der Waals surface area contributed by atoms with Crippen LogP contribution in [0.15, 0.2) is 54.6 Å². The van der Waals surface area contributed by atoms with Gasteiger partial charge in [0.1, 0.15) is 24.4 Å². The minimum atomic E-state index is -3.41. The minimum absolute atomic E-state index is 0.103. The van der Waals surface area contributed by atoms with Crippen molar-refractivity contribution in [2.45, 2.75) is 24.9 Å². The molecule has 2 aliphatic rings. The molecule has 0 bridgehead atoms. The largest absolute Gasteiger partial charge is 0.491 e. The van der Waals surface area contributed by atoms with Crippen molar-refractivity contribution in [1.82, 2.24) is 24.7 Å². The minimum Gasteiger partial charge on any atom is -0.491 e. The lowest BCUT2D eigenvalue weighted by molar-refractivity contribution is -0.138. The van der Waals surface area contributed by atoms with Gasteiger partial charge in [0.15, 0.2) is 0 Å². The zero-order valence-corrected chi connectivity index (χ0v) is 23.9. The molecule has 0 saturated carbocycles. The summed E-state index contributed by atoms with van der Waals surface area (Å²) in [5.41, 5.74) is 1.02. The molecular weight excluding hydrogens is 550 g/mol. The SMILES string of the molecule is CN1CCOc2ccccc2C(=O)N[C@H](C(=O)N2CCN(S(C)(=O)=O)CC2)CC(=O)N[C@H](Cc2ccccc2)C1=O. The van der Waals surface area contributed by atoms with E-state index in [1.807, 2.05) is 30.3 Å². The molecule has 1 saturated heterocycles. The van der Waals surface area contributed by atoms with E-state index in [9.17, 15) is 27.6 Å². The maximum absolute atomic E-state index is 13.6. The molecule has 2 aliphatic heterocycles. The molecule has 1 fully saturated rings. The number of likely N-dealkylation sites (N-methyl/N-ethyl adjacent to an activating group) is 1. The average Bonchev–Trinajstić information content (AvgIpc) is 2.95. The Morgan fingerprint density at radius 1 is 0.927 bits per heavy atom. The van der Waals surface area contributed by atoms with Crippen LogP contribution in [-0.2, 0) is 30.8 Å². The van der Waals surface area contributed by atoms with Gasteiger partial charge in [-0.1, -0.05) is 42.5 Å². The monoisotopic (exact) mass is 585 g/mol. The lowest BCUT2D eigenvalue weighted by atomic mass is 10.0. The van der Waals surface area contributed by atoms with E-state index < -0.39 is 46.2 Å². The van der Waals surface area contributed by atoms with Gasteiger partial charge < -0.3 is 25.2 Å². The van der Waals surface area contributed by atoms with Gasteiger partial charge in [-0.15, -0.1) is 0 Å². The average molecular weight is 586 g/mol. The van der Waals surface area contributed by atoms with Gasteiger partial charge in [0.25, 0.3) is 5.91 Å². The molecule has 4 amide bonds. The maximum atomic E-state index is 13.6. The highest BCUT2D eigenvalue weighted by atomic mass is 32.2. The van der Waals surface area contributed by atoms with E-state index in [0.717, 1.165) is 11.8 Å². The maximum Gasteiger partial charge on any atom is 0.255 e. The van der Waals surface area contributed by atoms with Crippen LogP contribution in [0.1, 0.15) is 22.3 Å². The Hall–Kier alpha value is -3.97. The van der Waals surface area contributed by atoms with E-state index in [-0.39, 0.29) is 63.0 Å². The molecule has 0 radical (unpaired) electrons. The Bertz CT molecular complexity index is 1380. The lowest BCUT2D eigenvalue weighted by Gasteiger charge is -2.35. The summed E-state index contributed by atoms with van der Waals surface area (Å²) < 4.78 is 31.0. The van der Waals surface area contributed by atoms with Gasteiger partial charge in [0.2, 0.25) is 27.7 Å². The third-order valence-corrected chi connectivity index (χ3v) is 8.42. The van der Waals surface area contributed by atoms with Crippen LogP contribution in [0.3, 0.4) is 0 Å². The van der Waals surface area contributed by atoms with E-state index in [1.165, 1.54) is 14.1 Å². The number of rotatable bonds is 4. The first-order chi connectivity index (χ1) is 19.5. The quantitative estimate of drug-likeness (QED) is 0.508. The number of carbonyl (C=O) groups is 4. The smallest absolute Gasteiger partial charge is 0.255 e. The van der Waals surface area contributed by atoms with Crippen molar-refractivity contribution in [1.29, 1.82) is 0 Å². The molecule has 12 nitrogen and oxygen atoms in total. The lowest BCUT2D eigenvalue weighted by Crippen LogP contribution is -2.57. The molecule has 4 rings (SSSR count). The van der Waals surface area contributed by atoms with E-state index in [4.69, 9.17) is 4.74 Å². The second kappa shape index (κ2) is 13.1. The topological polar surface area (TPSA) is 145 Å². The van der Waals surface area contributed by atoms with Crippen LogP contribution in [0.5, 0.6) is 5.75 Å². The molecule has 0 aromatic heterocycles. The van der Waals surface area contributed by atoms with Crippen LogP contribution >= 0.6 is 0 Å². The Morgan fingerprint density at radius 3 is 2.27 bits per heavy atom. The fourth-order valence-corrected chi connectivity index (χ4v) is 5.66. The number of amides is 4. The van der Waals surface area contributed by atoms with Gasteiger partial charge in [0.05, 0.1) is 24.8 Å². The number of ether oxygens (including phenoxy) is 1. The second-order valence-corrected chi connectivity index (χ2v) is 12.1. The number of nitrogens with one attached hydrogen (secondary N) is 2. The van der Waals surface area contributed by atoms with Crippen molar-refractivity contribution < 1.29 is 32.3 Å². The van der Waals surface area contributed by atoms with Gasteiger partial charge in [-0.25, -0.2) is 8.42 Å². The number of nitrogens with zero attached hydrogens (tertiary/aromatic N) is 3. The van der Waals surface area contributed by atoms with E-state index in [1.54, 1.807) is 31.3 Å². The summed E-state index contributed by atoms with van der Waals surface area (Å²) in [6.45, 7) is 0.753. The summed E-state index contributed by atoms with van der Waals surface area (Å²) in [5, 5.41) is 5.45. The summed E-state index contributed by atoms with van der Waals surface area (Å²) >= 11 is 0. The summed E-state index contributed by atoms with van der Waals surface area (Å²) in [6, 6.07) is 13.6. The molecule has 0 spiro atoms. The molecular formula is C28H35N5O7S. The normalized spacial score (nSPS) is 21.7. The van der Waals surface area contributed by atoms with Crippen molar-refractivity contribution >= 4 is 33.7 Å². The van der Waals surface area contributed by atoms with Gasteiger partial charge in [-0.2, -0.15) is 4.31 Å². The number of para-hydroxylation sites is 1. The van der Waals surface area contributed by atoms with Crippen LogP contribution in [0.4, 0.5) is 0 Å². The standard InChI is InChI=1S/C28H35N5O7S/c1-31-16-17-40-24-11-7-6-10-21(24)26(35)30-23(28(37)32-12-14-33(15-13-32)41(2,38)39)19-25(34)29-22(27(31)36)18-20-8-4-3-5-9-20/h3-11,22-23H,12-19H2,1-2H3,(H,29,34)(H,30,35)/t22-,23+/m1/s1. The fourth-order valence-electron chi connectivity index (χ4n) is 4.83. The highest BCUT2D eigenvalue weighted by Crippen LogP contribution is 2.19. The second-order valence-electron chi connectivity index (χ2n) is 10.1. The molecule has 13 heteroatoms. The highest BCUT2D eigenvalue weighted by Gasteiger charge is 2.34. The van der Waals surface area contributed by atoms with E-state index >= 15 is 0 Å². The molecule has 2 aromatic rings. The van der Waals surface area contributed by atoms with E-state index in [2.05, 4.69) is 10.6 Å². The van der Waals surface area contributed by atoms with Gasteiger partial charge in [0, 0.05) is 39.6 Å². The summed E-state index contributed by atoms with van der Waals surface area (Å²) in [7, 11) is -1.80. The van der Waals surface area contributed by atoms with Crippen LogP contribution in [0.25, 0.3) is 0 Å². The highest BCUT2D eigenvalue weighted by molar-refractivity contribution is 7.88. The molecule has 2 heterocycles. The Morgan fingerprint density at radius 2 is 1.59 bits per heavy atom. The molecule has 2 N–H and O–H groups in total. The van der Waals surface area contributed by atoms with Crippen molar-refractivity contribution in [2.75, 3.05) is 52.6 Å². The van der Waals surface area contributed by atoms with Crippen molar-refractivity contribution in [3.8, 4) is 5.75 Å². The van der Waals surface area contributed by atoms with Crippen LogP contribution in [0, 0.1) is 0 Å². The van der Waals surface area contributed by atoms with Crippen molar-refractivity contribution in [3.63, 3.8) is 0 Å². The number of sulfonamides is 1. The van der Waals surface area contributed by atoms with Crippen LogP contribution in [0.2, 0.25) is 0 Å². The Kier molecular flexibility index (Phi) is 9.61. The third-order valence-electron chi connectivity index (χ3n) is 7.12. The Labute approximate surface area is 239 Å².